The van der Waals surface area contributed by atoms with Crippen molar-refractivity contribution in [1.82, 2.24) is 14.2 Å². The van der Waals surface area contributed by atoms with Crippen LogP contribution in [-0.4, -0.2) is 49.5 Å². The van der Waals surface area contributed by atoms with Crippen LogP contribution in [-0.2, 0) is 27.8 Å². The fraction of sp³-hybridized carbons (Fsp3) is 0.500. The van der Waals surface area contributed by atoms with Crippen LogP contribution in [0.4, 0.5) is 0 Å². The van der Waals surface area contributed by atoms with Gasteiger partial charge in [-0.15, -0.1) is 0 Å². The SMILES string of the molecule is Cc1cc2c(c(S(=O)(=O)NC(CCn3cccc3C#N)C(=O)N3CCC(C)CC3)c1)OCC2. The van der Waals surface area contributed by atoms with Gasteiger partial charge in [-0.25, -0.2) is 8.42 Å². The Bertz CT molecular complexity index is 1170. The largest absolute Gasteiger partial charge is 0.492 e. The third-order valence-electron chi connectivity index (χ3n) is 6.48. The van der Waals surface area contributed by atoms with Gasteiger partial charge in [0.1, 0.15) is 28.4 Å². The number of ether oxygens (including phenoxy) is 1. The number of aromatic nitrogens is 1. The van der Waals surface area contributed by atoms with Crippen molar-refractivity contribution in [3.05, 3.63) is 47.3 Å². The van der Waals surface area contributed by atoms with Gasteiger partial charge in [0.05, 0.1) is 6.61 Å². The van der Waals surface area contributed by atoms with Crippen molar-refractivity contribution >= 4 is 15.9 Å². The molecule has 4 rings (SSSR count). The summed E-state index contributed by atoms with van der Waals surface area (Å²) in [7, 11) is -4.01. The molecule has 1 fully saturated rings. The highest BCUT2D eigenvalue weighted by molar-refractivity contribution is 7.89. The number of aryl methyl sites for hydroxylation is 2. The zero-order chi connectivity index (χ0) is 23.6. The molecule has 9 heteroatoms. The molecular weight excluding hydrogens is 440 g/mol. The highest BCUT2D eigenvalue weighted by Gasteiger charge is 2.33. The van der Waals surface area contributed by atoms with E-state index in [-0.39, 0.29) is 17.2 Å². The molecule has 0 saturated carbocycles. The number of nitrogens with one attached hydrogen (secondary N) is 1. The fourth-order valence-corrected chi connectivity index (χ4v) is 6.03. The summed E-state index contributed by atoms with van der Waals surface area (Å²) in [5.41, 5.74) is 2.17. The Labute approximate surface area is 195 Å². The van der Waals surface area contributed by atoms with Crippen LogP contribution in [0.2, 0.25) is 0 Å². The van der Waals surface area contributed by atoms with Gasteiger partial charge in [0.25, 0.3) is 0 Å². The maximum atomic E-state index is 13.5. The molecule has 0 spiro atoms. The van der Waals surface area contributed by atoms with E-state index in [9.17, 15) is 18.5 Å². The van der Waals surface area contributed by atoms with Gasteiger partial charge in [0.2, 0.25) is 15.9 Å². The normalized spacial score (nSPS) is 17.3. The molecule has 2 aliphatic rings. The smallest absolute Gasteiger partial charge is 0.245 e. The minimum Gasteiger partial charge on any atom is -0.492 e. The van der Waals surface area contributed by atoms with Gasteiger partial charge in [0.15, 0.2) is 0 Å². The van der Waals surface area contributed by atoms with E-state index >= 15 is 0 Å². The van der Waals surface area contributed by atoms with E-state index in [1.54, 1.807) is 33.9 Å². The highest BCUT2D eigenvalue weighted by atomic mass is 32.2. The first-order valence-corrected chi connectivity index (χ1v) is 12.9. The summed E-state index contributed by atoms with van der Waals surface area (Å²) < 4.78 is 37.0. The molecule has 3 heterocycles. The number of rotatable bonds is 7. The molecular formula is C24H30N4O4S. The van der Waals surface area contributed by atoms with Gasteiger partial charge in [-0.2, -0.15) is 9.98 Å². The summed E-state index contributed by atoms with van der Waals surface area (Å²) in [5.74, 6) is 0.707. The lowest BCUT2D eigenvalue weighted by molar-refractivity contribution is -0.134. The second-order valence-electron chi connectivity index (χ2n) is 9.02. The lowest BCUT2D eigenvalue weighted by atomic mass is 9.98. The second-order valence-corrected chi connectivity index (χ2v) is 10.7. The number of nitrogens with zero attached hydrogens (tertiary/aromatic N) is 3. The molecule has 176 valence electrons. The first-order chi connectivity index (χ1) is 15.8. The van der Waals surface area contributed by atoms with Crippen molar-refractivity contribution in [2.75, 3.05) is 19.7 Å². The third kappa shape index (κ3) is 5.07. The summed E-state index contributed by atoms with van der Waals surface area (Å²) >= 11 is 0. The van der Waals surface area contributed by atoms with Crippen molar-refractivity contribution < 1.29 is 17.9 Å². The second kappa shape index (κ2) is 9.57. The van der Waals surface area contributed by atoms with Crippen molar-refractivity contribution in [3.63, 3.8) is 0 Å². The van der Waals surface area contributed by atoms with Crippen LogP contribution in [0.25, 0.3) is 0 Å². The van der Waals surface area contributed by atoms with E-state index in [2.05, 4.69) is 17.7 Å². The first-order valence-electron chi connectivity index (χ1n) is 11.4. The van der Waals surface area contributed by atoms with E-state index in [1.165, 1.54) is 0 Å². The summed E-state index contributed by atoms with van der Waals surface area (Å²) in [6.45, 7) is 6.05. The van der Waals surface area contributed by atoms with Crippen LogP contribution < -0.4 is 9.46 Å². The summed E-state index contributed by atoms with van der Waals surface area (Å²) in [5, 5.41) is 9.29. The Hall–Kier alpha value is -2.83. The van der Waals surface area contributed by atoms with E-state index in [4.69, 9.17) is 4.74 Å². The van der Waals surface area contributed by atoms with Crippen molar-refractivity contribution in [1.29, 1.82) is 5.26 Å². The maximum Gasteiger partial charge on any atom is 0.245 e. The Morgan fingerprint density at radius 3 is 2.82 bits per heavy atom. The Morgan fingerprint density at radius 1 is 1.33 bits per heavy atom. The van der Waals surface area contributed by atoms with E-state index in [0.29, 0.717) is 50.0 Å². The number of amides is 1. The molecule has 0 bridgehead atoms. The van der Waals surface area contributed by atoms with Crippen LogP contribution in [0, 0.1) is 24.2 Å². The Balaban J connectivity index is 1.60. The van der Waals surface area contributed by atoms with E-state index in [0.717, 1.165) is 24.0 Å². The average molecular weight is 471 g/mol. The number of carbonyl (C=O) groups is 1. The summed E-state index contributed by atoms with van der Waals surface area (Å²) in [4.78, 5) is 15.3. The van der Waals surface area contributed by atoms with Crippen LogP contribution in [0.3, 0.4) is 0 Å². The molecule has 2 aliphatic heterocycles. The fourth-order valence-electron chi connectivity index (χ4n) is 4.54. The number of sulfonamides is 1. The molecule has 0 aliphatic carbocycles. The predicted octanol–water partition coefficient (Wildman–Crippen LogP) is 2.60. The summed E-state index contributed by atoms with van der Waals surface area (Å²) in [6.07, 6.45) is 4.47. The van der Waals surface area contributed by atoms with Crippen LogP contribution >= 0.6 is 0 Å². The van der Waals surface area contributed by atoms with Gasteiger partial charge < -0.3 is 14.2 Å². The molecule has 1 amide bonds. The number of carbonyl (C=O) groups excluding carboxylic acids is 1. The molecule has 1 unspecified atom stereocenters. The van der Waals surface area contributed by atoms with Crippen LogP contribution in [0.15, 0.2) is 35.4 Å². The minimum atomic E-state index is -4.01. The van der Waals surface area contributed by atoms with Crippen LogP contribution in [0.1, 0.15) is 43.0 Å². The molecule has 0 radical (unpaired) electrons. The molecule has 1 aromatic carbocycles. The van der Waals surface area contributed by atoms with Crippen molar-refractivity contribution in [2.45, 2.75) is 57.0 Å². The number of benzene rings is 1. The lowest BCUT2D eigenvalue weighted by Gasteiger charge is -2.33. The Kier molecular flexibility index (Phi) is 6.77. The lowest BCUT2D eigenvalue weighted by Crippen LogP contribution is -2.51. The van der Waals surface area contributed by atoms with Crippen molar-refractivity contribution in [2.24, 2.45) is 5.92 Å². The van der Waals surface area contributed by atoms with Crippen LogP contribution in [0.5, 0.6) is 5.75 Å². The quantitative estimate of drug-likeness (QED) is 0.670. The average Bonchev–Trinajstić information content (AvgIpc) is 3.44. The molecule has 8 nitrogen and oxygen atoms in total. The summed E-state index contributed by atoms with van der Waals surface area (Å²) in [6, 6.07) is 8.17. The molecule has 2 aromatic rings. The molecule has 1 saturated heterocycles. The molecule has 1 aromatic heterocycles. The zero-order valence-electron chi connectivity index (χ0n) is 19.1. The number of fused-ring (bicyclic) bond motifs is 1. The molecule has 33 heavy (non-hydrogen) atoms. The van der Waals surface area contributed by atoms with Crippen molar-refractivity contribution in [3.8, 4) is 11.8 Å². The van der Waals surface area contributed by atoms with Gasteiger partial charge in [-0.1, -0.05) is 13.0 Å². The number of hydrogen-bond donors (Lipinski definition) is 1. The number of likely N-dealkylation sites (tertiary alicyclic amines) is 1. The van der Waals surface area contributed by atoms with Gasteiger partial charge >= 0.3 is 0 Å². The number of nitriles is 1. The monoisotopic (exact) mass is 470 g/mol. The highest BCUT2D eigenvalue weighted by Crippen LogP contribution is 2.34. The Morgan fingerprint density at radius 2 is 2.09 bits per heavy atom. The van der Waals surface area contributed by atoms with E-state index in [1.807, 2.05) is 13.0 Å². The zero-order valence-corrected chi connectivity index (χ0v) is 19.9. The third-order valence-corrected chi connectivity index (χ3v) is 7.95. The minimum absolute atomic E-state index is 0.0822. The predicted molar refractivity (Wildman–Crippen MR) is 123 cm³/mol. The topological polar surface area (TPSA) is 104 Å². The molecule has 1 atom stereocenters. The standard InChI is InChI=1S/C24H30N4O4S/c1-17-5-10-28(11-6-17)24(29)21(7-12-27-9-3-4-20(27)16-25)26-33(30,31)22-15-18(2)14-19-8-13-32-23(19)22/h3-4,9,14-15,17,21,26H,5-8,10-13H2,1-2H3. The maximum absolute atomic E-state index is 13.5. The van der Waals surface area contributed by atoms with Gasteiger partial charge in [0, 0.05) is 32.3 Å². The van der Waals surface area contributed by atoms with Gasteiger partial charge in [-0.3, -0.25) is 4.79 Å². The van der Waals surface area contributed by atoms with Gasteiger partial charge in [-0.05, 0) is 61.4 Å². The molecule has 1 N–H and O–H groups in total. The number of hydrogen-bond acceptors (Lipinski definition) is 5. The number of piperidine rings is 1. The van der Waals surface area contributed by atoms with E-state index < -0.39 is 16.1 Å². The first kappa shape index (κ1) is 23.3.